The number of amides is 1. The molecule has 1 aromatic rings. The number of ether oxygens (including phenoxy) is 1. The van der Waals surface area contributed by atoms with Gasteiger partial charge < -0.3 is 15.0 Å². The van der Waals surface area contributed by atoms with E-state index in [2.05, 4.69) is 43.1 Å². The van der Waals surface area contributed by atoms with Gasteiger partial charge in [0.2, 0.25) is 0 Å². The number of likely N-dealkylation sites (N-methyl/N-ethyl adjacent to an activating group) is 1. The normalized spacial score (nSPS) is 13.1. The van der Waals surface area contributed by atoms with Crippen molar-refractivity contribution in [3.63, 3.8) is 0 Å². The Balaban J connectivity index is 1.49. The zero-order valence-corrected chi connectivity index (χ0v) is 23.5. The lowest BCUT2D eigenvalue weighted by Gasteiger charge is -2.20. The summed E-state index contributed by atoms with van der Waals surface area (Å²) < 4.78 is 5.98. The second-order valence-electron chi connectivity index (χ2n) is 10.3. The first-order valence-corrected chi connectivity index (χ1v) is 14.8. The second-order valence-corrected chi connectivity index (χ2v) is 10.3. The maximum absolute atomic E-state index is 12.4. The van der Waals surface area contributed by atoms with E-state index in [-0.39, 0.29) is 5.91 Å². The number of hydrogen-bond donors (Lipinski definition) is 1. The highest BCUT2D eigenvalue weighted by Gasteiger charge is 2.11. The summed E-state index contributed by atoms with van der Waals surface area (Å²) in [5.41, 5.74) is 3.02. The van der Waals surface area contributed by atoms with Crippen LogP contribution in [0.2, 0.25) is 0 Å². The summed E-state index contributed by atoms with van der Waals surface area (Å²) in [6.45, 7) is 9.54. The van der Waals surface area contributed by atoms with E-state index >= 15 is 0 Å². The molecule has 1 amide bonds. The maximum Gasteiger partial charge on any atom is 0.251 e. The lowest BCUT2D eigenvalue weighted by Crippen LogP contribution is -2.27. The van der Waals surface area contributed by atoms with Gasteiger partial charge in [-0.1, -0.05) is 103 Å². The minimum absolute atomic E-state index is 0.0143. The summed E-state index contributed by atoms with van der Waals surface area (Å²) in [6, 6.07) is 6.18. The fourth-order valence-electron chi connectivity index (χ4n) is 4.65. The van der Waals surface area contributed by atoms with Crippen molar-refractivity contribution in [2.75, 3.05) is 19.7 Å². The predicted octanol–water partition coefficient (Wildman–Crippen LogP) is 8.25. The van der Waals surface area contributed by atoms with Crippen LogP contribution >= 0.6 is 0 Å². The molecule has 1 aliphatic heterocycles. The molecule has 4 nitrogen and oxygen atoms in total. The zero-order chi connectivity index (χ0) is 25.8. The average molecular weight is 497 g/mol. The van der Waals surface area contributed by atoms with Crippen LogP contribution in [0.15, 0.2) is 42.1 Å². The van der Waals surface area contributed by atoms with Gasteiger partial charge in [0.15, 0.2) is 0 Å². The van der Waals surface area contributed by atoms with Crippen molar-refractivity contribution in [2.45, 2.75) is 117 Å². The van der Waals surface area contributed by atoms with E-state index in [0.29, 0.717) is 6.54 Å². The van der Waals surface area contributed by atoms with Crippen LogP contribution in [0.25, 0.3) is 0 Å². The Labute approximate surface area is 221 Å². The summed E-state index contributed by atoms with van der Waals surface area (Å²) in [6.07, 6.45) is 25.1. The third kappa shape index (κ3) is 12.6. The van der Waals surface area contributed by atoms with Crippen LogP contribution in [0, 0.1) is 6.92 Å². The van der Waals surface area contributed by atoms with Crippen molar-refractivity contribution in [3.05, 3.63) is 53.3 Å². The minimum atomic E-state index is -0.0143. The monoisotopic (exact) mass is 496 g/mol. The van der Waals surface area contributed by atoms with Crippen molar-refractivity contribution < 1.29 is 9.53 Å². The molecule has 0 unspecified atom stereocenters. The van der Waals surface area contributed by atoms with Crippen LogP contribution in [0.4, 0.5) is 0 Å². The number of nitrogens with one attached hydrogen (secondary N) is 1. The van der Waals surface area contributed by atoms with Crippen molar-refractivity contribution in [1.29, 1.82) is 0 Å². The highest BCUT2D eigenvalue weighted by Crippen LogP contribution is 2.19. The minimum Gasteiger partial charge on any atom is -0.494 e. The SMILES string of the molecule is CCCCCCCCCCCCCCCCOc1ccc(CNC(=O)C2=CCN(CC)C=C2)c(C)c1. The largest absolute Gasteiger partial charge is 0.494 e. The molecule has 202 valence electrons. The number of nitrogens with zero attached hydrogens (tertiary/aromatic N) is 1. The van der Waals surface area contributed by atoms with Crippen LogP contribution < -0.4 is 10.1 Å². The van der Waals surface area contributed by atoms with Gasteiger partial charge in [-0.05, 0) is 49.6 Å². The second kappa shape index (κ2) is 19.0. The summed E-state index contributed by atoms with van der Waals surface area (Å²) >= 11 is 0. The Hall–Kier alpha value is -2.23. The number of unbranched alkanes of at least 4 members (excludes halogenated alkanes) is 13. The van der Waals surface area contributed by atoms with Gasteiger partial charge in [-0.2, -0.15) is 0 Å². The molecule has 0 atom stereocenters. The van der Waals surface area contributed by atoms with E-state index in [1.54, 1.807) is 0 Å². The van der Waals surface area contributed by atoms with Crippen molar-refractivity contribution in [3.8, 4) is 5.75 Å². The number of benzene rings is 1. The standard InChI is InChI=1S/C32H52N2O2/c1-4-6-7-8-9-10-11-12-13-14-15-16-17-18-25-36-31-20-19-30(28(3)26-31)27-33-32(35)29-21-23-34(5-2)24-22-29/h19-23,26H,4-18,24-25,27H2,1-3H3,(H,33,35). The van der Waals surface area contributed by atoms with Gasteiger partial charge in [-0.25, -0.2) is 0 Å². The number of aryl methyl sites for hydroxylation is 1. The molecule has 36 heavy (non-hydrogen) atoms. The van der Waals surface area contributed by atoms with E-state index in [1.807, 2.05) is 24.4 Å². The topological polar surface area (TPSA) is 41.6 Å². The highest BCUT2D eigenvalue weighted by molar-refractivity contribution is 5.96. The van der Waals surface area contributed by atoms with E-state index in [0.717, 1.165) is 48.6 Å². The Morgan fingerprint density at radius 2 is 1.50 bits per heavy atom. The summed E-state index contributed by atoms with van der Waals surface area (Å²) in [5.74, 6) is 0.911. The first kappa shape index (κ1) is 30.0. The molecule has 0 bridgehead atoms. The van der Waals surface area contributed by atoms with Gasteiger partial charge in [-0.15, -0.1) is 0 Å². The molecule has 0 saturated carbocycles. The van der Waals surface area contributed by atoms with Crippen molar-refractivity contribution >= 4 is 5.91 Å². The van der Waals surface area contributed by atoms with E-state index in [1.165, 1.54) is 83.5 Å². The van der Waals surface area contributed by atoms with Crippen LogP contribution in [0.3, 0.4) is 0 Å². The number of carbonyl (C=O) groups excluding carboxylic acids is 1. The van der Waals surface area contributed by atoms with Gasteiger partial charge in [0.05, 0.1) is 6.61 Å². The first-order valence-electron chi connectivity index (χ1n) is 14.8. The zero-order valence-electron chi connectivity index (χ0n) is 23.5. The van der Waals surface area contributed by atoms with E-state index < -0.39 is 0 Å². The molecule has 0 spiro atoms. The van der Waals surface area contributed by atoms with E-state index in [9.17, 15) is 4.79 Å². The first-order chi connectivity index (χ1) is 17.6. The van der Waals surface area contributed by atoms with Gasteiger partial charge in [0.1, 0.15) is 5.75 Å². The molecule has 0 radical (unpaired) electrons. The lowest BCUT2D eigenvalue weighted by molar-refractivity contribution is -0.117. The maximum atomic E-state index is 12.4. The molecule has 1 aliphatic rings. The molecule has 2 rings (SSSR count). The fourth-order valence-corrected chi connectivity index (χ4v) is 4.65. The van der Waals surface area contributed by atoms with Gasteiger partial charge in [0, 0.05) is 31.4 Å². The van der Waals surface area contributed by atoms with Gasteiger partial charge in [0.25, 0.3) is 5.91 Å². The average Bonchev–Trinajstić information content (AvgIpc) is 2.90. The Morgan fingerprint density at radius 3 is 2.03 bits per heavy atom. The van der Waals surface area contributed by atoms with Gasteiger partial charge >= 0.3 is 0 Å². The summed E-state index contributed by atoms with van der Waals surface area (Å²) in [7, 11) is 0. The predicted molar refractivity (Wildman–Crippen MR) is 153 cm³/mol. The summed E-state index contributed by atoms with van der Waals surface area (Å²) in [4.78, 5) is 14.6. The number of rotatable bonds is 20. The van der Waals surface area contributed by atoms with Crippen LogP contribution in [-0.4, -0.2) is 30.5 Å². The van der Waals surface area contributed by atoms with E-state index in [4.69, 9.17) is 4.74 Å². The third-order valence-electron chi connectivity index (χ3n) is 7.20. The van der Waals surface area contributed by atoms with Crippen molar-refractivity contribution in [1.82, 2.24) is 10.2 Å². The van der Waals surface area contributed by atoms with Crippen molar-refractivity contribution in [2.24, 2.45) is 0 Å². The molecule has 0 saturated heterocycles. The molecule has 1 N–H and O–H groups in total. The molecular formula is C32H52N2O2. The molecule has 0 aliphatic carbocycles. The number of carbonyl (C=O) groups is 1. The molecular weight excluding hydrogens is 444 g/mol. The molecule has 0 fully saturated rings. The fraction of sp³-hybridized carbons (Fsp3) is 0.656. The Kier molecular flexibility index (Phi) is 15.8. The molecule has 1 aromatic carbocycles. The Bertz CT molecular complexity index is 799. The van der Waals surface area contributed by atoms with Crippen LogP contribution in [0.5, 0.6) is 5.75 Å². The summed E-state index contributed by atoms with van der Waals surface area (Å²) in [5, 5.41) is 3.04. The van der Waals surface area contributed by atoms with Crippen LogP contribution in [0.1, 0.15) is 115 Å². The smallest absolute Gasteiger partial charge is 0.251 e. The Morgan fingerprint density at radius 1 is 0.889 bits per heavy atom. The quantitative estimate of drug-likeness (QED) is 0.185. The van der Waals surface area contributed by atoms with Crippen LogP contribution in [-0.2, 0) is 11.3 Å². The van der Waals surface area contributed by atoms with Gasteiger partial charge in [-0.3, -0.25) is 4.79 Å². The third-order valence-corrected chi connectivity index (χ3v) is 7.20. The number of hydrogen-bond acceptors (Lipinski definition) is 3. The molecule has 0 aromatic heterocycles. The molecule has 1 heterocycles. The lowest BCUT2D eigenvalue weighted by atomic mass is 10.0. The molecule has 4 heteroatoms. The highest BCUT2D eigenvalue weighted by atomic mass is 16.5.